The summed E-state index contributed by atoms with van der Waals surface area (Å²) in [6.45, 7) is 4.78. The van der Waals surface area contributed by atoms with Gasteiger partial charge in [-0.1, -0.05) is 112 Å². The molecule has 1 amide bonds. The molecular formula is C27H53NO4S2. The predicted molar refractivity (Wildman–Crippen MR) is 149 cm³/mol. The second kappa shape index (κ2) is 24.7. The van der Waals surface area contributed by atoms with E-state index in [1.165, 1.54) is 95.6 Å². The van der Waals surface area contributed by atoms with Gasteiger partial charge < -0.3 is 19.5 Å². The van der Waals surface area contributed by atoms with E-state index in [9.17, 15) is 4.79 Å². The van der Waals surface area contributed by atoms with Crippen LogP contribution in [0.2, 0.25) is 0 Å². The predicted octanol–water partition coefficient (Wildman–Crippen LogP) is 7.18. The van der Waals surface area contributed by atoms with Gasteiger partial charge in [0, 0.05) is 38.2 Å². The molecule has 1 fully saturated rings. The molecule has 0 spiro atoms. The molecule has 1 aliphatic rings. The first-order valence-electron chi connectivity index (χ1n) is 14.0. The summed E-state index contributed by atoms with van der Waals surface area (Å²) >= 11 is 0. The van der Waals surface area contributed by atoms with Crippen molar-refractivity contribution in [3.05, 3.63) is 0 Å². The average Bonchev–Trinajstić information content (AvgIpc) is 3.30. The molecule has 1 aliphatic heterocycles. The molecule has 2 atom stereocenters. The van der Waals surface area contributed by atoms with E-state index < -0.39 is 0 Å². The van der Waals surface area contributed by atoms with Gasteiger partial charge in [-0.2, -0.15) is 0 Å². The highest BCUT2D eigenvalue weighted by Gasteiger charge is 2.28. The number of carbonyl (C=O) groups excluding carboxylic acids is 1. The molecule has 0 aliphatic carbocycles. The molecule has 0 aromatic heterocycles. The van der Waals surface area contributed by atoms with Gasteiger partial charge in [0.15, 0.2) is 0 Å². The molecule has 202 valence electrons. The van der Waals surface area contributed by atoms with Crippen molar-refractivity contribution in [2.24, 2.45) is 0 Å². The van der Waals surface area contributed by atoms with Crippen LogP contribution in [0.15, 0.2) is 0 Å². The lowest BCUT2D eigenvalue weighted by Crippen LogP contribution is -2.30. The Labute approximate surface area is 218 Å². The first kappa shape index (κ1) is 32.1. The molecule has 1 saturated heterocycles. The maximum Gasteiger partial charge on any atom is 0.220 e. The molecule has 34 heavy (non-hydrogen) atoms. The minimum atomic E-state index is 0.0221. The normalized spacial score (nSPS) is 17.9. The Morgan fingerprint density at radius 1 is 0.794 bits per heavy atom. The summed E-state index contributed by atoms with van der Waals surface area (Å²) in [7, 11) is 5.44. The van der Waals surface area contributed by atoms with Crippen LogP contribution in [0.25, 0.3) is 0 Å². The average molecular weight is 520 g/mol. The van der Waals surface area contributed by atoms with E-state index in [2.05, 4.69) is 12.2 Å². The highest BCUT2D eigenvalue weighted by atomic mass is 33.1. The van der Waals surface area contributed by atoms with E-state index >= 15 is 0 Å². The molecule has 1 N–H and O–H groups in total. The van der Waals surface area contributed by atoms with E-state index in [-0.39, 0.29) is 18.1 Å². The van der Waals surface area contributed by atoms with Crippen molar-refractivity contribution < 1.29 is 19.0 Å². The largest absolute Gasteiger partial charge is 0.376 e. The second-order valence-corrected chi connectivity index (χ2v) is 12.1. The fourth-order valence-corrected chi connectivity index (χ4v) is 6.26. The zero-order valence-corrected chi connectivity index (χ0v) is 23.8. The molecule has 0 saturated carbocycles. The van der Waals surface area contributed by atoms with Gasteiger partial charge in [0.25, 0.3) is 0 Å². The first-order chi connectivity index (χ1) is 16.8. The lowest BCUT2D eigenvalue weighted by atomic mass is 10.0. The summed E-state index contributed by atoms with van der Waals surface area (Å²) in [6.07, 6.45) is 21.2. The molecule has 1 rings (SSSR count). The molecule has 0 bridgehead atoms. The molecular weight excluding hydrogens is 466 g/mol. The van der Waals surface area contributed by atoms with E-state index in [4.69, 9.17) is 14.2 Å². The van der Waals surface area contributed by atoms with Crippen molar-refractivity contribution in [2.45, 2.75) is 122 Å². The Morgan fingerprint density at radius 2 is 1.35 bits per heavy atom. The quantitative estimate of drug-likeness (QED) is 0.102. The maximum atomic E-state index is 11.9. The third-order valence-electron chi connectivity index (χ3n) is 6.33. The van der Waals surface area contributed by atoms with Crippen LogP contribution >= 0.6 is 21.6 Å². The second-order valence-electron chi connectivity index (χ2n) is 9.41. The standard InChI is InChI=1S/C27H53NO4S2/c1-3-4-5-6-7-8-9-10-11-12-13-14-15-16-21-33-34-22-18-27(29)28-19-17-20-32-26-24-31-23-25(26)30-2/h25-26H,3-24H2,1-2H3,(H,28,29). The number of hydrogen-bond donors (Lipinski definition) is 1. The van der Waals surface area contributed by atoms with Crippen LogP contribution in [0.3, 0.4) is 0 Å². The van der Waals surface area contributed by atoms with Gasteiger partial charge in [0.05, 0.1) is 13.2 Å². The van der Waals surface area contributed by atoms with E-state index in [1.807, 2.05) is 21.6 Å². The van der Waals surface area contributed by atoms with Crippen molar-refractivity contribution in [1.82, 2.24) is 5.32 Å². The molecule has 2 unspecified atom stereocenters. The number of nitrogens with one attached hydrogen (secondary N) is 1. The number of ether oxygens (including phenoxy) is 3. The number of amides is 1. The minimum absolute atomic E-state index is 0.0221. The Kier molecular flexibility index (Phi) is 23.3. The first-order valence-corrected chi connectivity index (χ1v) is 16.5. The van der Waals surface area contributed by atoms with Crippen molar-refractivity contribution in [3.63, 3.8) is 0 Å². The monoisotopic (exact) mass is 519 g/mol. The molecule has 1 heterocycles. The molecule has 0 aromatic rings. The Bertz CT molecular complexity index is 456. The Balaban J connectivity index is 1.72. The maximum absolute atomic E-state index is 11.9. The van der Waals surface area contributed by atoms with Gasteiger partial charge in [0.1, 0.15) is 12.2 Å². The van der Waals surface area contributed by atoms with Crippen LogP contribution in [-0.4, -0.2) is 63.1 Å². The number of unbranched alkanes of at least 4 members (excludes halogenated alkanes) is 13. The van der Waals surface area contributed by atoms with Crippen LogP contribution in [0.4, 0.5) is 0 Å². The number of rotatable bonds is 25. The van der Waals surface area contributed by atoms with Crippen LogP contribution in [0.1, 0.15) is 110 Å². The van der Waals surface area contributed by atoms with Crippen LogP contribution in [0, 0.1) is 0 Å². The molecule has 7 heteroatoms. The van der Waals surface area contributed by atoms with Crippen molar-refractivity contribution in [1.29, 1.82) is 0 Å². The molecule has 0 aromatic carbocycles. The van der Waals surface area contributed by atoms with Gasteiger partial charge >= 0.3 is 0 Å². The number of methoxy groups -OCH3 is 1. The Morgan fingerprint density at radius 3 is 1.97 bits per heavy atom. The summed E-state index contributed by atoms with van der Waals surface area (Å²) in [5.74, 6) is 2.23. The van der Waals surface area contributed by atoms with E-state index in [0.29, 0.717) is 32.8 Å². The zero-order chi connectivity index (χ0) is 24.5. The summed E-state index contributed by atoms with van der Waals surface area (Å²) in [6, 6.07) is 0. The van der Waals surface area contributed by atoms with Gasteiger partial charge in [-0.15, -0.1) is 0 Å². The number of hydrogen-bond acceptors (Lipinski definition) is 6. The van der Waals surface area contributed by atoms with Gasteiger partial charge in [-0.05, 0) is 12.8 Å². The van der Waals surface area contributed by atoms with Crippen LogP contribution in [0.5, 0.6) is 0 Å². The van der Waals surface area contributed by atoms with Crippen LogP contribution in [-0.2, 0) is 19.0 Å². The summed E-state index contributed by atoms with van der Waals surface area (Å²) in [4.78, 5) is 11.9. The summed E-state index contributed by atoms with van der Waals surface area (Å²) in [5, 5.41) is 2.99. The molecule has 5 nitrogen and oxygen atoms in total. The third kappa shape index (κ3) is 19.3. The topological polar surface area (TPSA) is 56.8 Å². The van der Waals surface area contributed by atoms with Crippen molar-refractivity contribution in [3.8, 4) is 0 Å². The highest BCUT2D eigenvalue weighted by molar-refractivity contribution is 8.76. The minimum Gasteiger partial charge on any atom is -0.376 e. The van der Waals surface area contributed by atoms with Crippen molar-refractivity contribution in [2.75, 3.05) is 45.0 Å². The SMILES string of the molecule is CCCCCCCCCCCCCCCCSSCCC(=O)NCCCOC1COCC1OC. The number of carbonyl (C=O) groups is 1. The van der Waals surface area contributed by atoms with E-state index in [1.54, 1.807) is 7.11 Å². The van der Waals surface area contributed by atoms with Gasteiger partial charge in [-0.3, -0.25) is 4.79 Å². The lowest BCUT2D eigenvalue weighted by molar-refractivity contribution is -0.120. The van der Waals surface area contributed by atoms with Crippen LogP contribution < -0.4 is 5.32 Å². The van der Waals surface area contributed by atoms with Gasteiger partial charge in [-0.25, -0.2) is 0 Å². The zero-order valence-electron chi connectivity index (χ0n) is 22.2. The van der Waals surface area contributed by atoms with Gasteiger partial charge in [0.2, 0.25) is 5.91 Å². The lowest BCUT2D eigenvalue weighted by Gasteiger charge is -2.16. The third-order valence-corrected chi connectivity index (χ3v) is 8.83. The highest BCUT2D eigenvalue weighted by Crippen LogP contribution is 2.24. The fourth-order valence-electron chi connectivity index (χ4n) is 4.12. The summed E-state index contributed by atoms with van der Waals surface area (Å²) < 4.78 is 16.5. The Hall–Kier alpha value is 0.0500. The smallest absolute Gasteiger partial charge is 0.220 e. The van der Waals surface area contributed by atoms with Crippen molar-refractivity contribution >= 4 is 27.5 Å². The molecule has 0 radical (unpaired) electrons. The fraction of sp³-hybridized carbons (Fsp3) is 0.963. The summed E-state index contributed by atoms with van der Waals surface area (Å²) in [5.41, 5.74) is 0. The van der Waals surface area contributed by atoms with E-state index in [0.717, 1.165) is 12.2 Å².